The van der Waals surface area contributed by atoms with Gasteiger partial charge in [-0.3, -0.25) is 0 Å². The second kappa shape index (κ2) is 13.2. The molecular formula is C33H27N3O6. The number of carbonyl (C=O) groups is 3. The molecule has 0 N–H and O–H groups in total. The fourth-order valence-corrected chi connectivity index (χ4v) is 4.19. The van der Waals surface area contributed by atoms with Crippen LogP contribution in [0, 0.1) is 0 Å². The zero-order chi connectivity index (χ0) is 29.3. The highest BCUT2D eigenvalue weighted by molar-refractivity contribution is 5.91. The highest BCUT2D eigenvalue weighted by atomic mass is 16.6. The lowest BCUT2D eigenvalue weighted by Gasteiger charge is -2.30. The first-order chi connectivity index (χ1) is 20.5. The Morgan fingerprint density at radius 1 is 0.595 bits per heavy atom. The van der Waals surface area contributed by atoms with Gasteiger partial charge in [-0.1, -0.05) is 72.8 Å². The molecule has 1 aromatic heterocycles. The van der Waals surface area contributed by atoms with Gasteiger partial charge in [0.25, 0.3) is 0 Å². The molecule has 4 aromatic carbocycles. The maximum Gasteiger partial charge on any atom is 0.338 e. The maximum absolute atomic E-state index is 13.3. The van der Waals surface area contributed by atoms with Gasteiger partial charge in [0.2, 0.25) is 0 Å². The fraction of sp³-hybridized carbons (Fsp3) is 0.121. The zero-order valence-electron chi connectivity index (χ0n) is 22.6. The van der Waals surface area contributed by atoms with Crippen molar-refractivity contribution in [3.05, 3.63) is 150 Å². The van der Waals surface area contributed by atoms with Crippen molar-refractivity contribution in [2.45, 2.75) is 25.2 Å². The van der Waals surface area contributed by atoms with E-state index in [0.29, 0.717) is 11.3 Å². The van der Waals surface area contributed by atoms with Crippen LogP contribution in [0.3, 0.4) is 0 Å². The van der Waals surface area contributed by atoms with Gasteiger partial charge in [-0.05, 0) is 55.5 Å². The number of hydrogen-bond acceptors (Lipinski definition) is 8. The van der Waals surface area contributed by atoms with Crippen LogP contribution in [0.15, 0.2) is 128 Å². The maximum atomic E-state index is 13.3. The largest absolute Gasteiger partial charge is 0.455 e. The first-order valence-electron chi connectivity index (χ1n) is 13.3. The average molecular weight is 562 g/mol. The minimum absolute atomic E-state index is 0.191. The molecule has 210 valence electrons. The van der Waals surface area contributed by atoms with E-state index in [-0.39, 0.29) is 16.8 Å². The van der Waals surface area contributed by atoms with Crippen molar-refractivity contribution in [3.63, 3.8) is 0 Å². The number of ether oxygens (including phenoxy) is 3. The SMILES string of the molecule is C[C@H](OC(=O)c1ccccc1)[C@H](OC(=O)c1ccccc1)[C@H](OC(=O)c1ccccc1)c1cnn(-c2ccccc2)n1. The molecule has 9 heteroatoms. The predicted molar refractivity (Wildman–Crippen MR) is 153 cm³/mol. The summed E-state index contributed by atoms with van der Waals surface area (Å²) < 4.78 is 17.6. The lowest BCUT2D eigenvalue weighted by molar-refractivity contribution is -0.0855. The monoisotopic (exact) mass is 561 g/mol. The predicted octanol–water partition coefficient (Wildman–Crippen LogP) is 5.64. The molecule has 0 bridgehead atoms. The van der Waals surface area contributed by atoms with Gasteiger partial charge >= 0.3 is 17.9 Å². The van der Waals surface area contributed by atoms with Crippen molar-refractivity contribution in [3.8, 4) is 5.69 Å². The summed E-state index contributed by atoms with van der Waals surface area (Å²) in [6.45, 7) is 1.56. The molecule has 9 nitrogen and oxygen atoms in total. The number of nitrogens with zero attached hydrogens (tertiary/aromatic N) is 3. The molecule has 0 aliphatic carbocycles. The summed E-state index contributed by atoms with van der Waals surface area (Å²) in [5, 5.41) is 8.89. The molecule has 1 heterocycles. The third-order valence-corrected chi connectivity index (χ3v) is 6.35. The van der Waals surface area contributed by atoms with E-state index in [1.807, 2.05) is 30.3 Å². The van der Waals surface area contributed by atoms with Crippen LogP contribution >= 0.6 is 0 Å². The van der Waals surface area contributed by atoms with Gasteiger partial charge in [-0.2, -0.15) is 9.90 Å². The van der Waals surface area contributed by atoms with E-state index in [1.165, 1.54) is 11.0 Å². The van der Waals surface area contributed by atoms with Crippen molar-refractivity contribution in [2.24, 2.45) is 0 Å². The van der Waals surface area contributed by atoms with Gasteiger partial charge in [0.15, 0.2) is 12.2 Å². The number of rotatable bonds is 10. The number of para-hydroxylation sites is 1. The van der Waals surface area contributed by atoms with E-state index in [1.54, 1.807) is 97.9 Å². The van der Waals surface area contributed by atoms with Crippen molar-refractivity contribution in [1.29, 1.82) is 0 Å². The van der Waals surface area contributed by atoms with E-state index in [2.05, 4.69) is 10.2 Å². The Labute approximate surface area is 242 Å². The van der Waals surface area contributed by atoms with Crippen LogP contribution in [0.25, 0.3) is 5.69 Å². The van der Waals surface area contributed by atoms with E-state index in [0.717, 1.165) is 0 Å². The van der Waals surface area contributed by atoms with Crippen molar-refractivity contribution < 1.29 is 28.6 Å². The third-order valence-electron chi connectivity index (χ3n) is 6.35. The summed E-state index contributed by atoms with van der Waals surface area (Å²) in [5.41, 5.74) is 1.71. The first kappa shape index (κ1) is 28.0. The highest BCUT2D eigenvalue weighted by Gasteiger charge is 2.39. The summed E-state index contributed by atoms with van der Waals surface area (Å²) in [6.07, 6.45) is -2.23. The Morgan fingerprint density at radius 2 is 1.02 bits per heavy atom. The normalized spacial score (nSPS) is 12.9. The summed E-state index contributed by atoms with van der Waals surface area (Å²) in [4.78, 5) is 41.0. The van der Waals surface area contributed by atoms with Crippen LogP contribution in [-0.2, 0) is 14.2 Å². The van der Waals surface area contributed by atoms with Crippen LogP contribution in [0.5, 0.6) is 0 Å². The summed E-state index contributed by atoms with van der Waals surface area (Å²) >= 11 is 0. The number of hydrogen-bond donors (Lipinski definition) is 0. The molecule has 3 atom stereocenters. The fourth-order valence-electron chi connectivity index (χ4n) is 4.19. The molecule has 42 heavy (non-hydrogen) atoms. The van der Waals surface area contributed by atoms with Crippen molar-refractivity contribution in [2.75, 3.05) is 0 Å². The third kappa shape index (κ3) is 6.76. The van der Waals surface area contributed by atoms with Crippen molar-refractivity contribution in [1.82, 2.24) is 15.0 Å². The Balaban J connectivity index is 1.53. The number of esters is 3. The minimum Gasteiger partial charge on any atom is -0.455 e. The smallest absolute Gasteiger partial charge is 0.338 e. The van der Waals surface area contributed by atoms with Gasteiger partial charge in [0.1, 0.15) is 11.8 Å². The lowest BCUT2D eigenvalue weighted by atomic mass is 10.1. The molecule has 0 radical (unpaired) electrons. The second-order valence-corrected chi connectivity index (χ2v) is 9.30. The van der Waals surface area contributed by atoms with Crippen LogP contribution in [0.1, 0.15) is 49.8 Å². The molecule has 5 aromatic rings. The minimum atomic E-state index is -1.29. The molecule has 0 spiro atoms. The zero-order valence-corrected chi connectivity index (χ0v) is 22.6. The van der Waals surface area contributed by atoms with Crippen molar-refractivity contribution >= 4 is 17.9 Å². The summed E-state index contributed by atoms with van der Waals surface area (Å²) in [5.74, 6) is -2.01. The van der Waals surface area contributed by atoms with E-state index < -0.39 is 36.2 Å². The van der Waals surface area contributed by atoms with Gasteiger partial charge in [-0.25, -0.2) is 14.4 Å². The van der Waals surface area contributed by atoms with E-state index in [4.69, 9.17) is 14.2 Å². The Bertz CT molecular complexity index is 1630. The van der Waals surface area contributed by atoms with Crippen LogP contribution in [-0.4, -0.2) is 45.1 Å². The summed E-state index contributed by atoms with van der Waals surface area (Å²) in [7, 11) is 0. The quantitative estimate of drug-likeness (QED) is 0.159. The van der Waals surface area contributed by atoms with Crippen LogP contribution in [0.2, 0.25) is 0 Å². The molecule has 0 saturated carbocycles. The van der Waals surface area contributed by atoms with Crippen LogP contribution < -0.4 is 0 Å². The molecule has 0 aliphatic rings. The summed E-state index contributed by atoms with van der Waals surface area (Å²) in [6, 6.07) is 34.3. The van der Waals surface area contributed by atoms with E-state index in [9.17, 15) is 14.4 Å². The molecule has 5 rings (SSSR count). The molecule has 0 amide bonds. The standard InChI is InChI=1S/C33H27N3O6/c1-23(40-31(37)24-14-6-2-7-15-24)29(41-32(38)25-16-8-3-9-17-25)30(42-33(39)26-18-10-4-11-19-26)28-22-34-36(35-28)27-20-12-5-13-21-27/h2-23,29-30H,1H3/t23-,29-,30+/m0/s1. The Hall–Kier alpha value is -5.57. The number of benzene rings is 4. The van der Waals surface area contributed by atoms with E-state index >= 15 is 0 Å². The highest BCUT2D eigenvalue weighted by Crippen LogP contribution is 2.29. The van der Waals surface area contributed by atoms with Gasteiger partial charge < -0.3 is 14.2 Å². The van der Waals surface area contributed by atoms with Gasteiger partial charge in [0.05, 0.1) is 28.6 Å². The number of aromatic nitrogens is 3. The topological polar surface area (TPSA) is 110 Å². The second-order valence-electron chi connectivity index (χ2n) is 9.30. The van der Waals surface area contributed by atoms with Crippen LogP contribution in [0.4, 0.5) is 0 Å². The van der Waals surface area contributed by atoms with Gasteiger partial charge in [0, 0.05) is 0 Å². The lowest BCUT2D eigenvalue weighted by Crippen LogP contribution is -2.40. The molecule has 0 aliphatic heterocycles. The molecule has 0 saturated heterocycles. The number of carbonyl (C=O) groups excluding carboxylic acids is 3. The first-order valence-corrected chi connectivity index (χ1v) is 13.3. The Morgan fingerprint density at radius 3 is 1.52 bits per heavy atom. The van der Waals surface area contributed by atoms with Gasteiger partial charge in [-0.15, -0.1) is 5.10 Å². The molecule has 0 unspecified atom stereocenters. The molecule has 0 fully saturated rings. The Kier molecular flexibility index (Phi) is 8.79. The average Bonchev–Trinajstić information content (AvgIpc) is 3.54. The molecular weight excluding hydrogens is 534 g/mol.